The average Bonchev–Trinajstić information content (AvgIpc) is 3.02. The maximum atomic E-state index is 14.1. The van der Waals surface area contributed by atoms with Gasteiger partial charge in [-0.15, -0.1) is 0 Å². The van der Waals surface area contributed by atoms with Crippen LogP contribution in [0.1, 0.15) is 31.1 Å². The highest BCUT2D eigenvalue weighted by Gasteiger charge is 2.19. The van der Waals surface area contributed by atoms with E-state index < -0.39 is 0 Å². The first-order valence-electron chi connectivity index (χ1n) is 7.99. The van der Waals surface area contributed by atoms with Crippen LogP contribution < -0.4 is 10.2 Å². The summed E-state index contributed by atoms with van der Waals surface area (Å²) >= 11 is 0. The zero-order valence-electron chi connectivity index (χ0n) is 13.0. The van der Waals surface area contributed by atoms with Gasteiger partial charge in [0.2, 0.25) is 0 Å². The van der Waals surface area contributed by atoms with E-state index in [1.807, 2.05) is 24.3 Å². The SMILES string of the molecule is CC1CCCN(c2cc(CNCc3ccco3)ccc2F)C1. The maximum absolute atomic E-state index is 14.1. The predicted octanol–water partition coefficient (Wildman–Crippen LogP) is 3.94. The van der Waals surface area contributed by atoms with E-state index in [4.69, 9.17) is 4.42 Å². The lowest BCUT2D eigenvalue weighted by Gasteiger charge is -2.33. The molecule has 1 aromatic heterocycles. The third-order valence-electron chi connectivity index (χ3n) is 4.22. The molecular weight excluding hydrogens is 279 g/mol. The number of hydrogen-bond donors (Lipinski definition) is 1. The van der Waals surface area contributed by atoms with Crippen LogP contribution in [-0.2, 0) is 13.1 Å². The van der Waals surface area contributed by atoms with Crippen molar-refractivity contribution < 1.29 is 8.81 Å². The minimum absolute atomic E-state index is 0.121. The van der Waals surface area contributed by atoms with Crippen molar-refractivity contribution in [1.29, 1.82) is 0 Å². The normalized spacial score (nSPS) is 18.6. The van der Waals surface area contributed by atoms with Crippen LogP contribution in [-0.4, -0.2) is 13.1 Å². The molecule has 1 N–H and O–H groups in total. The second kappa shape index (κ2) is 6.97. The van der Waals surface area contributed by atoms with Crippen LogP contribution in [0, 0.1) is 11.7 Å². The van der Waals surface area contributed by atoms with Gasteiger partial charge in [0.1, 0.15) is 11.6 Å². The van der Waals surface area contributed by atoms with Crippen molar-refractivity contribution >= 4 is 5.69 Å². The van der Waals surface area contributed by atoms with Crippen molar-refractivity contribution in [3.05, 3.63) is 53.7 Å². The summed E-state index contributed by atoms with van der Waals surface area (Å²) in [6.07, 6.45) is 4.05. The number of piperidine rings is 1. The topological polar surface area (TPSA) is 28.4 Å². The first-order chi connectivity index (χ1) is 10.7. The van der Waals surface area contributed by atoms with Gasteiger partial charge in [-0.1, -0.05) is 13.0 Å². The predicted molar refractivity (Wildman–Crippen MR) is 86.3 cm³/mol. The lowest BCUT2D eigenvalue weighted by atomic mass is 9.99. The summed E-state index contributed by atoms with van der Waals surface area (Å²) in [6.45, 7) is 5.52. The van der Waals surface area contributed by atoms with E-state index in [0.29, 0.717) is 19.0 Å². The Kier molecular flexibility index (Phi) is 4.78. The fourth-order valence-corrected chi connectivity index (χ4v) is 3.06. The van der Waals surface area contributed by atoms with E-state index in [0.717, 1.165) is 36.5 Å². The molecule has 118 valence electrons. The van der Waals surface area contributed by atoms with Crippen molar-refractivity contribution in [2.45, 2.75) is 32.9 Å². The molecule has 4 heteroatoms. The smallest absolute Gasteiger partial charge is 0.146 e. The van der Waals surface area contributed by atoms with Crippen LogP contribution in [0.25, 0.3) is 0 Å². The number of anilines is 1. The fraction of sp³-hybridized carbons (Fsp3) is 0.444. The van der Waals surface area contributed by atoms with Crippen LogP contribution in [0.2, 0.25) is 0 Å². The summed E-state index contributed by atoms with van der Waals surface area (Å²) in [7, 11) is 0. The number of hydrogen-bond acceptors (Lipinski definition) is 3. The molecule has 2 aromatic rings. The summed E-state index contributed by atoms with van der Waals surface area (Å²) in [5.41, 5.74) is 1.84. The molecule has 0 bridgehead atoms. The molecule has 1 aromatic carbocycles. The van der Waals surface area contributed by atoms with E-state index in [-0.39, 0.29) is 5.82 Å². The average molecular weight is 302 g/mol. The molecule has 0 radical (unpaired) electrons. The molecule has 3 rings (SSSR count). The molecule has 0 spiro atoms. The Morgan fingerprint density at radius 2 is 2.23 bits per heavy atom. The van der Waals surface area contributed by atoms with E-state index in [2.05, 4.69) is 17.1 Å². The molecule has 1 saturated heterocycles. The van der Waals surface area contributed by atoms with Crippen molar-refractivity contribution in [3.8, 4) is 0 Å². The largest absolute Gasteiger partial charge is 0.468 e. The van der Waals surface area contributed by atoms with Gasteiger partial charge < -0.3 is 14.6 Å². The monoisotopic (exact) mass is 302 g/mol. The third-order valence-corrected chi connectivity index (χ3v) is 4.22. The summed E-state index contributed by atoms with van der Waals surface area (Å²) in [4.78, 5) is 2.18. The van der Waals surface area contributed by atoms with Crippen LogP contribution in [0.5, 0.6) is 0 Å². The van der Waals surface area contributed by atoms with Crippen molar-refractivity contribution in [1.82, 2.24) is 5.32 Å². The Balaban J connectivity index is 1.64. The minimum Gasteiger partial charge on any atom is -0.468 e. The van der Waals surface area contributed by atoms with Gasteiger partial charge in [-0.2, -0.15) is 0 Å². The molecule has 22 heavy (non-hydrogen) atoms. The zero-order valence-corrected chi connectivity index (χ0v) is 13.0. The van der Waals surface area contributed by atoms with E-state index in [9.17, 15) is 4.39 Å². The van der Waals surface area contributed by atoms with Gasteiger partial charge in [-0.25, -0.2) is 4.39 Å². The van der Waals surface area contributed by atoms with Crippen LogP contribution in [0.4, 0.5) is 10.1 Å². The molecule has 1 unspecified atom stereocenters. The third kappa shape index (κ3) is 3.69. The standard InChI is InChI=1S/C18H23FN2O/c1-14-4-2-8-21(13-14)18-10-15(6-7-17(18)19)11-20-12-16-5-3-9-22-16/h3,5-7,9-10,14,20H,2,4,8,11-13H2,1H3. The van der Waals surface area contributed by atoms with Crippen molar-refractivity contribution in [3.63, 3.8) is 0 Å². The molecule has 1 atom stereocenters. The van der Waals surface area contributed by atoms with Gasteiger partial charge in [0.05, 0.1) is 18.5 Å². The number of rotatable bonds is 5. The Morgan fingerprint density at radius 3 is 3.00 bits per heavy atom. The van der Waals surface area contributed by atoms with Gasteiger partial charge in [-0.05, 0) is 48.6 Å². The van der Waals surface area contributed by atoms with Gasteiger partial charge >= 0.3 is 0 Å². The van der Waals surface area contributed by atoms with E-state index >= 15 is 0 Å². The van der Waals surface area contributed by atoms with Gasteiger partial charge in [-0.3, -0.25) is 0 Å². The molecule has 0 amide bonds. The molecule has 2 heterocycles. The Bertz CT molecular complexity index is 597. The minimum atomic E-state index is -0.121. The highest BCUT2D eigenvalue weighted by molar-refractivity contribution is 5.50. The highest BCUT2D eigenvalue weighted by Crippen LogP contribution is 2.26. The van der Waals surface area contributed by atoms with E-state index in [1.165, 1.54) is 6.42 Å². The number of furan rings is 1. The number of nitrogens with zero attached hydrogens (tertiary/aromatic N) is 1. The zero-order chi connectivity index (χ0) is 15.4. The van der Waals surface area contributed by atoms with Crippen LogP contribution in [0.3, 0.4) is 0 Å². The van der Waals surface area contributed by atoms with Gasteiger partial charge in [0.25, 0.3) is 0 Å². The molecule has 3 nitrogen and oxygen atoms in total. The molecule has 0 saturated carbocycles. The summed E-state index contributed by atoms with van der Waals surface area (Å²) in [6, 6.07) is 9.23. The first-order valence-corrected chi connectivity index (χ1v) is 7.99. The van der Waals surface area contributed by atoms with Crippen molar-refractivity contribution in [2.75, 3.05) is 18.0 Å². The fourth-order valence-electron chi connectivity index (χ4n) is 3.06. The number of benzene rings is 1. The Labute approximate surface area is 131 Å². The van der Waals surface area contributed by atoms with Crippen molar-refractivity contribution in [2.24, 2.45) is 5.92 Å². The summed E-state index contributed by atoms with van der Waals surface area (Å²) in [5.74, 6) is 1.42. The van der Waals surface area contributed by atoms with Gasteiger partial charge in [0.15, 0.2) is 0 Å². The van der Waals surface area contributed by atoms with E-state index in [1.54, 1.807) is 12.3 Å². The number of nitrogens with one attached hydrogen (secondary N) is 1. The second-order valence-electron chi connectivity index (χ2n) is 6.16. The lowest BCUT2D eigenvalue weighted by Crippen LogP contribution is -2.34. The molecular formula is C18H23FN2O. The maximum Gasteiger partial charge on any atom is 0.146 e. The second-order valence-corrected chi connectivity index (χ2v) is 6.16. The quantitative estimate of drug-likeness (QED) is 0.906. The lowest BCUT2D eigenvalue weighted by molar-refractivity contribution is 0.442. The highest BCUT2D eigenvalue weighted by atomic mass is 19.1. The molecule has 1 aliphatic rings. The number of halogens is 1. The Hall–Kier alpha value is -1.81. The van der Waals surface area contributed by atoms with Crippen LogP contribution in [0.15, 0.2) is 41.0 Å². The molecule has 1 fully saturated rings. The summed E-state index contributed by atoms with van der Waals surface area (Å²) in [5, 5.41) is 3.33. The summed E-state index contributed by atoms with van der Waals surface area (Å²) < 4.78 is 19.4. The van der Waals surface area contributed by atoms with Crippen LogP contribution >= 0.6 is 0 Å². The van der Waals surface area contributed by atoms with Gasteiger partial charge in [0, 0.05) is 19.6 Å². The molecule has 1 aliphatic heterocycles. The first kappa shape index (κ1) is 15.1. The Morgan fingerprint density at radius 1 is 1.32 bits per heavy atom. The molecule has 0 aliphatic carbocycles.